The molecule has 0 aromatic heterocycles. The van der Waals surface area contributed by atoms with E-state index in [9.17, 15) is 4.79 Å². The molecule has 21 heavy (non-hydrogen) atoms. The van der Waals surface area contributed by atoms with Crippen LogP contribution in [0.25, 0.3) is 0 Å². The maximum Gasteiger partial charge on any atom is 0.253 e. The minimum absolute atomic E-state index is 0.0867. The Morgan fingerprint density at radius 2 is 1.81 bits per heavy atom. The predicted molar refractivity (Wildman–Crippen MR) is 93.9 cm³/mol. The Labute approximate surface area is 142 Å². The Morgan fingerprint density at radius 1 is 1.14 bits per heavy atom. The third kappa shape index (κ3) is 3.55. The molecule has 0 aliphatic heterocycles. The molecular formula is C17H17Br2NO. The van der Waals surface area contributed by atoms with Gasteiger partial charge in [0.15, 0.2) is 0 Å². The van der Waals surface area contributed by atoms with Gasteiger partial charge in [-0.2, -0.15) is 0 Å². The Morgan fingerprint density at radius 3 is 2.43 bits per heavy atom. The highest BCUT2D eigenvalue weighted by Gasteiger charge is 2.28. The number of hydrogen-bond acceptors (Lipinski definition) is 1. The number of carbonyl (C=O) groups is 1. The number of alkyl halides is 1. The van der Waals surface area contributed by atoms with Crippen LogP contribution in [-0.4, -0.2) is 11.2 Å². The summed E-state index contributed by atoms with van der Waals surface area (Å²) in [6, 6.07) is 15.7. The van der Waals surface area contributed by atoms with Gasteiger partial charge in [0, 0.05) is 9.80 Å². The van der Waals surface area contributed by atoms with Crippen LogP contribution in [0.5, 0.6) is 0 Å². The van der Waals surface area contributed by atoms with Crippen LogP contribution < -0.4 is 5.32 Å². The third-order valence-electron chi connectivity index (χ3n) is 3.50. The van der Waals surface area contributed by atoms with Gasteiger partial charge in [-0.05, 0) is 47.0 Å². The molecule has 1 atom stereocenters. The first-order valence-electron chi connectivity index (χ1n) is 6.67. The first-order chi connectivity index (χ1) is 9.98. The highest BCUT2D eigenvalue weighted by molar-refractivity contribution is 9.10. The summed E-state index contributed by atoms with van der Waals surface area (Å²) in [5.74, 6) is -0.0867. The zero-order valence-electron chi connectivity index (χ0n) is 12.0. The summed E-state index contributed by atoms with van der Waals surface area (Å²) in [6.45, 7) is 3.99. The van der Waals surface area contributed by atoms with Crippen LogP contribution in [0.2, 0.25) is 0 Å². The summed E-state index contributed by atoms with van der Waals surface area (Å²) in [7, 11) is 0. The summed E-state index contributed by atoms with van der Waals surface area (Å²) in [4.78, 5) is 12.6. The smallest absolute Gasteiger partial charge is 0.253 e. The van der Waals surface area contributed by atoms with Crippen LogP contribution in [-0.2, 0) is 5.54 Å². The molecule has 2 aromatic carbocycles. The van der Waals surface area contributed by atoms with Crippen LogP contribution in [0.15, 0.2) is 53.0 Å². The average molecular weight is 411 g/mol. The number of hydrogen-bond donors (Lipinski definition) is 1. The number of benzene rings is 2. The molecule has 4 heteroatoms. The van der Waals surface area contributed by atoms with Crippen molar-refractivity contribution in [3.63, 3.8) is 0 Å². The quantitative estimate of drug-likeness (QED) is 0.720. The molecule has 0 aliphatic rings. The molecular weight excluding hydrogens is 394 g/mol. The minimum atomic E-state index is -0.457. The number of nitrogens with one attached hydrogen (secondary N) is 1. The SMILES string of the molecule is Cc1cccc(C(=O)NC(C)(CBr)c2ccccc2)c1Br. The molecule has 2 rings (SSSR count). The van der Waals surface area contributed by atoms with Crippen molar-refractivity contribution in [1.29, 1.82) is 0 Å². The molecule has 0 heterocycles. The van der Waals surface area contributed by atoms with Crippen molar-refractivity contribution >= 4 is 37.8 Å². The largest absolute Gasteiger partial charge is 0.342 e. The summed E-state index contributed by atoms with van der Waals surface area (Å²) in [5, 5.41) is 3.77. The predicted octanol–water partition coefficient (Wildman–Crippen LogP) is 4.80. The molecule has 0 saturated carbocycles. The molecule has 1 N–H and O–H groups in total. The fourth-order valence-corrected chi connectivity index (χ4v) is 3.04. The standard InChI is InChI=1S/C17H17Br2NO/c1-12-7-6-10-14(15(12)19)16(21)20-17(2,11-18)13-8-4-3-5-9-13/h3-10H,11H2,1-2H3,(H,20,21). The van der Waals surface area contributed by atoms with E-state index in [0.29, 0.717) is 10.9 Å². The molecule has 0 radical (unpaired) electrons. The maximum absolute atomic E-state index is 12.6. The molecule has 1 amide bonds. The van der Waals surface area contributed by atoms with E-state index >= 15 is 0 Å². The Kier molecular flexibility index (Phi) is 5.22. The lowest BCUT2D eigenvalue weighted by molar-refractivity contribution is 0.0913. The first-order valence-corrected chi connectivity index (χ1v) is 8.58. The van der Waals surface area contributed by atoms with Gasteiger partial charge in [0.1, 0.15) is 0 Å². The fraction of sp³-hybridized carbons (Fsp3) is 0.235. The van der Waals surface area contributed by atoms with Crippen LogP contribution in [0, 0.1) is 6.92 Å². The number of amides is 1. The van der Waals surface area contributed by atoms with Gasteiger partial charge >= 0.3 is 0 Å². The maximum atomic E-state index is 12.6. The van der Waals surface area contributed by atoms with E-state index < -0.39 is 5.54 Å². The van der Waals surface area contributed by atoms with Gasteiger partial charge in [-0.25, -0.2) is 0 Å². The van der Waals surface area contributed by atoms with E-state index in [-0.39, 0.29) is 5.91 Å². The van der Waals surface area contributed by atoms with E-state index in [1.165, 1.54) is 0 Å². The molecule has 0 fully saturated rings. The van der Waals surface area contributed by atoms with Crippen molar-refractivity contribution in [2.45, 2.75) is 19.4 Å². The lowest BCUT2D eigenvalue weighted by atomic mass is 9.93. The molecule has 0 saturated heterocycles. The molecule has 1 unspecified atom stereocenters. The van der Waals surface area contributed by atoms with E-state index in [1.54, 1.807) is 0 Å². The van der Waals surface area contributed by atoms with Crippen molar-refractivity contribution < 1.29 is 4.79 Å². The monoisotopic (exact) mass is 409 g/mol. The topological polar surface area (TPSA) is 29.1 Å². The van der Waals surface area contributed by atoms with Crippen LogP contribution in [0.1, 0.15) is 28.4 Å². The Balaban J connectivity index is 2.30. The van der Waals surface area contributed by atoms with Crippen LogP contribution in [0.4, 0.5) is 0 Å². The number of aryl methyl sites for hydroxylation is 1. The highest BCUT2D eigenvalue weighted by atomic mass is 79.9. The summed E-state index contributed by atoms with van der Waals surface area (Å²) >= 11 is 7.01. The van der Waals surface area contributed by atoms with E-state index in [2.05, 4.69) is 37.2 Å². The van der Waals surface area contributed by atoms with Gasteiger partial charge in [-0.1, -0.05) is 58.4 Å². The van der Waals surface area contributed by atoms with Gasteiger partial charge in [-0.3, -0.25) is 4.79 Å². The molecule has 0 bridgehead atoms. The highest BCUT2D eigenvalue weighted by Crippen LogP contribution is 2.26. The van der Waals surface area contributed by atoms with Gasteiger partial charge in [0.25, 0.3) is 5.91 Å². The van der Waals surface area contributed by atoms with Crippen molar-refractivity contribution in [2.24, 2.45) is 0 Å². The number of carbonyl (C=O) groups excluding carboxylic acids is 1. The summed E-state index contributed by atoms with van der Waals surface area (Å²) in [5.41, 5.74) is 2.31. The fourth-order valence-electron chi connectivity index (χ4n) is 2.13. The summed E-state index contributed by atoms with van der Waals surface area (Å²) < 4.78 is 0.840. The number of halogens is 2. The van der Waals surface area contributed by atoms with Crippen LogP contribution in [0.3, 0.4) is 0 Å². The lowest BCUT2D eigenvalue weighted by Crippen LogP contribution is -2.45. The molecule has 2 aromatic rings. The van der Waals surface area contributed by atoms with Crippen molar-refractivity contribution in [2.75, 3.05) is 5.33 Å². The minimum Gasteiger partial charge on any atom is -0.342 e. The summed E-state index contributed by atoms with van der Waals surface area (Å²) in [6.07, 6.45) is 0. The lowest BCUT2D eigenvalue weighted by Gasteiger charge is -2.29. The normalized spacial score (nSPS) is 13.5. The Hall–Kier alpha value is -1.13. The van der Waals surface area contributed by atoms with Crippen molar-refractivity contribution in [1.82, 2.24) is 5.32 Å². The first kappa shape index (κ1) is 16.2. The molecule has 0 spiro atoms. The second kappa shape index (κ2) is 6.75. The van der Waals surface area contributed by atoms with Crippen molar-refractivity contribution in [3.8, 4) is 0 Å². The van der Waals surface area contributed by atoms with Crippen molar-refractivity contribution in [3.05, 3.63) is 69.7 Å². The zero-order valence-corrected chi connectivity index (χ0v) is 15.2. The average Bonchev–Trinajstić information content (AvgIpc) is 2.50. The second-order valence-corrected chi connectivity index (χ2v) is 6.58. The second-order valence-electron chi connectivity index (χ2n) is 5.22. The third-order valence-corrected chi connectivity index (χ3v) is 5.68. The van der Waals surface area contributed by atoms with Gasteiger partial charge in [0.2, 0.25) is 0 Å². The Bertz CT molecular complexity index is 642. The van der Waals surface area contributed by atoms with E-state index in [1.807, 2.05) is 62.4 Å². The van der Waals surface area contributed by atoms with Gasteiger partial charge in [-0.15, -0.1) is 0 Å². The van der Waals surface area contributed by atoms with E-state index in [4.69, 9.17) is 0 Å². The zero-order chi connectivity index (χ0) is 15.5. The van der Waals surface area contributed by atoms with Gasteiger partial charge in [0.05, 0.1) is 11.1 Å². The molecule has 2 nitrogen and oxygen atoms in total. The molecule has 0 aliphatic carbocycles. The van der Waals surface area contributed by atoms with Crippen LogP contribution >= 0.6 is 31.9 Å². The number of rotatable bonds is 4. The van der Waals surface area contributed by atoms with E-state index in [0.717, 1.165) is 15.6 Å². The van der Waals surface area contributed by atoms with Gasteiger partial charge < -0.3 is 5.32 Å². The molecule has 110 valence electrons.